The van der Waals surface area contributed by atoms with Crippen molar-refractivity contribution in [2.45, 2.75) is 13.0 Å². The molecule has 0 saturated carbocycles. The maximum Gasteiger partial charge on any atom is 0.319 e. The van der Waals surface area contributed by atoms with Gasteiger partial charge in [0.15, 0.2) is 0 Å². The Kier molecular flexibility index (Phi) is 4.78. The molecule has 1 rings (SSSR count). The highest BCUT2D eigenvalue weighted by Gasteiger charge is 2.05. The van der Waals surface area contributed by atoms with Gasteiger partial charge in [0, 0.05) is 25.5 Å². The van der Waals surface area contributed by atoms with Gasteiger partial charge in [0.1, 0.15) is 0 Å². The molecule has 1 aromatic carbocycles. The molecule has 3 N–H and O–H groups in total. The Morgan fingerprint density at radius 1 is 1.35 bits per heavy atom. The first-order valence-corrected chi connectivity index (χ1v) is 5.48. The lowest BCUT2D eigenvalue weighted by atomic mass is 10.2. The summed E-state index contributed by atoms with van der Waals surface area (Å²) in [5.41, 5.74) is 1.79. The van der Waals surface area contributed by atoms with Crippen LogP contribution in [0.3, 0.4) is 0 Å². The highest BCUT2D eigenvalue weighted by atomic mass is 16.3. The van der Waals surface area contributed by atoms with Crippen molar-refractivity contribution in [3.8, 4) is 0 Å². The first-order valence-electron chi connectivity index (χ1n) is 5.48. The summed E-state index contributed by atoms with van der Waals surface area (Å²) in [6, 6.07) is 6.94. The standard InChI is InChI=1S/C12H19N3O2/c1-9(8-16)13-12(17)14-10-4-6-11(7-5-10)15(2)3/h4-7,9,16H,8H2,1-3H3,(H2,13,14,17). The lowest BCUT2D eigenvalue weighted by Gasteiger charge is -2.14. The summed E-state index contributed by atoms with van der Waals surface area (Å²) in [6.45, 7) is 1.65. The summed E-state index contributed by atoms with van der Waals surface area (Å²) in [6.07, 6.45) is 0. The number of carbonyl (C=O) groups excluding carboxylic acids is 1. The SMILES string of the molecule is CC(CO)NC(=O)Nc1ccc(N(C)C)cc1. The van der Waals surface area contributed by atoms with Gasteiger partial charge in [0.25, 0.3) is 0 Å². The summed E-state index contributed by atoms with van der Waals surface area (Å²) >= 11 is 0. The third-order valence-electron chi connectivity index (χ3n) is 2.29. The van der Waals surface area contributed by atoms with E-state index in [4.69, 9.17) is 5.11 Å². The fourth-order valence-electron chi connectivity index (χ4n) is 1.28. The summed E-state index contributed by atoms with van der Waals surface area (Å²) in [4.78, 5) is 13.4. The van der Waals surface area contributed by atoms with E-state index in [-0.39, 0.29) is 18.7 Å². The van der Waals surface area contributed by atoms with Gasteiger partial charge in [-0.2, -0.15) is 0 Å². The Morgan fingerprint density at radius 3 is 2.41 bits per heavy atom. The number of benzene rings is 1. The van der Waals surface area contributed by atoms with Crippen LogP contribution in [-0.2, 0) is 0 Å². The number of hydrogen-bond acceptors (Lipinski definition) is 3. The molecule has 5 heteroatoms. The number of nitrogens with one attached hydrogen (secondary N) is 2. The van der Waals surface area contributed by atoms with Gasteiger partial charge in [0.2, 0.25) is 0 Å². The van der Waals surface area contributed by atoms with Gasteiger partial charge in [-0.05, 0) is 31.2 Å². The Bertz CT molecular complexity index is 363. The predicted octanol–water partition coefficient (Wildman–Crippen LogP) is 1.25. The van der Waals surface area contributed by atoms with Crippen molar-refractivity contribution in [1.82, 2.24) is 5.32 Å². The molecule has 1 atom stereocenters. The summed E-state index contributed by atoms with van der Waals surface area (Å²) in [5.74, 6) is 0. The number of nitrogens with zero attached hydrogens (tertiary/aromatic N) is 1. The average Bonchev–Trinajstić information content (AvgIpc) is 2.29. The van der Waals surface area contributed by atoms with E-state index in [1.165, 1.54) is 0 Å². The molecule has 5 nitrogen and oxygen atoms in total. The van der Waals surface area contributed by atoms with Crippen LogP contribution in [0.4, 0.5) is 16.2 Å². The highest BCUT2D eigenvalue weighted by molar-refractivity contribution is 5.89. The topological polar surface area (TPSA) is 64.6 Å². The van der Waals surface area contributed by atoms with Crippen LogP contribution in [-0.4, -0.2) is 37.9 Å². The minimum Gasteiger partial charge on any atom is -0.394 e. The van der Waals surface area contributed by atoms with Crippen LogP contribution in [0.15, 0.2) is 24.3 Å². The largest absolute Gasteiger partial charge is 0.394 e. The van der Waals surface area contributed by atoms with E-state index in [1.54, 1.807) is 6.92 Å². The zero-order valence-corrected chi connectivity index (χ0v) is 10.4. The van der Waals surface area contributed by atoms with E-state index in [1.807, 2.05) is 43.3 Å². The molecule has 94 valence electrons. The predicted molar refractivity (Wildman–Crippen MR) is 69.5 cm³/mol. The molecule has 0 aliphatic carbocycles. The maximum atomic E-state index is 11.5. The molecule has 1 unspecified atom stereocenters. The molecule has 1 aromatic rings. The smallest absolute Gasteiger partial charge is 0.319 e. The average molecular weight is 237 g/mol. The Morgan fingerprint density at radius 2 is 1.94 bits per heavy atom. The molecule has 0 aliphatic heterocycles. The fourth-order valence-corrected chi connectivity index (χ4v) is 1.28. The van der Waals surface area contributed by atoms with Crippen molar-refractivity contribution in [3.63, 3.8) is 0 Å². The van der Waals surface area contributed by atoms with E-state index in [9.17, 15) is 4.79 Å². The number of amides is 2. The number of aliphatic hydroxyl groups is 1. The summed E-state index contributed by atoms with van der Waals surface area (Å²) in [7, 11) is 3.91. The number of urea groups is 1. The van der Waals surface area contributed by atoms with E-state index in [0.29, 0.717) is 0 Å². The van der Waals surface area contributed by atoms with Gasteiger partial charge in [0.05, 0.1) is 12.6 Å². The third kappa shape index (κ3) is 4.32. The van der Waals surface area contributed by atoms with Crippen LogP contribution in [0.2, 0.25) is 0 Å². The van der Waals surface area contributed by atoms with Gasteiger partial charge in [-0.1, -0.05) is 0 Å². The minimum absolute atomic E-state index is 0.0764. The lowest BCUT2D eigenvalue weighted by molar-refractivity contribution is 0.229. The number of hydrogen-bond donors (Lipinski definition) is 3. The van der Waals surface area contributed by atoms with E-state index in [2.05, 4.69) is 10.6 Å². The molecule has 2 amide bonds. The van der Waals surface area contributed by atoms with Crippen molar-refractivity contribution in [1.29, 1.82) is 0 Å². The molecule has 17 heavy (non-hydrogen) atoms. The van der Waals surface area contributed by atoms with Crippen LogP contribution < -0.4 is 15.5 Å². The monoisotopic (exact) mass is 237 g/mol. The van der Waals surface area contributed by atoms with Crippen molar-refractivity contribution >= 4 is 17.4 Å². The van der Waals surface area contributed by atoms with Gasteiger partial charge in [-0.3, -0.25) is 0 Å². The van der Waals surface area contributed by atoms with Crippen LogP contribution in [0.25, 0.3) is 0 Å². The maximum absolute atomic E-state index is 11.5. The molecule has 0 fully saturated rings. The van der Waals surface area contributed by atoms with E-state index in [0.717, 1.165) is 11.4 Å². The second-order valence-electron chi connectivity index (χ2n) is 4.12. The van der Waals surface area contributed by atoms with Crippen LogP contribution in [0, 0.1) is 0 Å². The fraction of sp³-hybridized carbons (Fsp3) is 0.417. The normalized spacial score (nSPS) is 11.8. The molecule has 0 radical (unpaired) electrons. The number of anilines is 2. The molecule has 0 aliphatic rings. The van der Waals surface area contributed by atoms with Crippen molar-refractivity contribution in [3.05, 3.63) is 24.3 Å². The highest BCUT2D eigenvalue weighted by Crippen LogP contribution is 2.15. The third-order valence-corrected chi connectivity index (χ3v) is 2.29. The zero-order chi connectivity index (χ0) is 12.8. The molecule has 0 saturated heterocycles. The van der Waals surface area contributed by atoms with Crippen molar-refractivity contribution in [2.24, 2.45) is 0 Å². The van der Waals surface area contributed by atoms with E-state index >= 15 is 0 Å². The quantitative estimate of drug-likeness (QED) is 0.738. The van der Waals surface area contributed by atoms with E-state index < -0.39 is 0 Å². The van der Waals surface area contributed by atoms with Gasteiger partial charge in [-0.25, -0.2) is 4.79 Å². The Balaban J connectivity index is 2.54. The van der Waals surface area contributed by atoms with Crippen molar-refractivity contribution < 1.29 is 9.90 Å². The Hall–Kier alpha value is -1.75. The molecule has 0 aromatic heterocycles. The van der Waals surface area contributed by atoms with Crippen LogP contribution in [0.1, 0.15) is 6.92 Å². The van der Waals surface area contributed by atoms with Gasteiger partial charge in [-0.15, -0.1) is 0 Å². The summed E-state index contributed by atoms with van der Waals surface area (Å²) in [5, 5.41) is 14.1. The molecule has 0 spiro atoms. The number of carbonyl (C=O) groups is 1. The Labute approximate surface area is 101 Å². The summed E-state index contributed by atoms with van der Waals surface area (Å²) < 4.78 is 0. The number of rotatable bonds is 4. The zero-order valence-electron chi connectivity index (χ0n) is 10.4. The first kappa shape index (κ1) is 13.3. The van der Waals surface area contributed by atoms with Crippen LogP contribution >= 0.6 is 0 Å². The second kappa shape index (κ2) is 6.10. The molecular weight excluding hydrogens is 218 g/mol. The molecular formula is C12H19N3O2. The van der Waals surface area contributed by atoms with Gasteiger partial charge >= 0.3 is 6.03 Å². The first-order chi connectivity index (χ1) is 8.02. The van der Waals surface area contributed by atoms with Gasteiger partial charge < -0.3 is 20.6 Å². The molecule has 0 heterocycles. The molecule has 0 bridgehead atoms. The number of aliphatic hydroxyl groups excluding tert-OH is 1. The lowest BCUT2D eigenvalue weighted by Crippen LogP contribution is -2.38. The minimum atomic E-state index is -0.316. The van der Waals surface area contributed by atoms with Crippen molar-refractivity contribution in [2.75, 3.05) is 30.9 Å². The second-order valence-corrected chi connectivity index (χ2v) is 4.12. The van der Waals surface area contributed by atoms with Crippen LogP contribution in [0.5, 0.6) is 0 Å².